The SMILES string of the molecule is N#CCCN(CCC#N)C(=O)CNc1ccc(F)c(C#N)c1. The zero-order valence-electron chi connectivity index (χ0n) is 11.8. The third kappa shape index (κ3) is 5.11. The lowest BCUT2D eigenvalue weighted by molar-refractivity contribution is -0.129. The first kappa shape index (κ1) is 16.9. The van der Waals surface area contributed by atoms with Crippen LogP contribution in [0.3, 0.4) is 0 Å². The Bertz CT molecular complexity index is 635. The van der Waals surface area contributed by atoms with Crippen molar-refractivity contribution in [3.8, 4) is 18.2 Å². The smallest absolute Gasteiger partial charge is 0.241 e. The molecule has 1 rings (SSSR count). The van der Waals surface area contributed by atoms with Crippen LogP contribution in [0.25, 0.3) is 0 Å². The average molecular weight is 299 g/mol. The minimum absolute atomic E-state index is 0.0621. The molecule has 22 heavy (non-hydrogen) atoms. The number of anilines is 1. The van der Waals surface area contributed by atoms with E-state index in [1.165, 1.54) is 17.0 Å². The van der Waals surface area contributed by atoms with Crippen LogP contribution >= 0.6 is 0 Å². The van der Waals surface area contributed by atoms with Crippen molar-refractivity contribution in [3.63, 3.8) is 0 Å². The van der Waals surface area contributed by atoms with Crippen LogP contribution in [0.5, 0.6) is 0 Å². The summed E-state index contributed by atoms with van der Waals surface area (Å²) in [6, 6.07) is 9.51. The summed E-state index contributed by atoms with van der Waals surface area (Å²) in [5, 5.41) is 28.7. The van der Waals surface area contributed by atoms with Crippen LogP contribution in [-0.4, -0.2) is 30.4 Å². The minimum Gasteiger partial charge on any atom is -0.376 e. The Hall–Kier alpha value is -3.11. The fourth-order valence-electron chi connectivity index (χ4n) is 1.74. The Morgan fingerprint density at radius 1 is 1.18 bits per heavy atom. The normalized spacial score (nSPS) is 9.18. The van der Waals surface area contributed by atoms with Gasteiger partial charge in [0.15, 0.2) is 0 Å². The van der Waals surface area contributed by atoms with Gasteiger partial charge < -0.3 is 10.2 Å². The number of amides is 1. The number of carbonyl (C=O) groups excluding carboxylic acids is 1. The molecule has 1 aromatic carbocycles. The van der Waals surface area contributed by atoms with Crippen molar-refractivity contribution in [3.05, 3.63) is 29.6 Å². The molecule has 0 fully saturated rings. The molecule has 0 radical (unpaired) electrons. The molecule has 1 aromatic rings. The molecule has 0 spiro atoms. The number of benzene rings is 1. The van der Waals surface area contributed by atoms with Gasteiger partial charge in [-0.25, -0.2) is 4.39 Å². The van der Waals surface area contributed by atoms with E-state index >= 15 is 0 Å². The van der Waals surface area contributed by atoms with E-state index < -0.39 is 5.82 Å². The molecule has 0 heterocycles. The first-order chi connectivity index (χ1) is 10.6. The number of carbonyl (C=O) groups is 1. The lowest BCUT2D eigenvalue weighted by Crippen LogP contribution is -2.36. The molecular weight excluding hydrogens is 285 g/mol. The van der Waals surface area contributed by atoms with Crippen molar-refractivity contribution in [2.45, 2.75) is 12.8 Å². The summed E-state index contributed by atoms with van der Waals surface area (Å²) in [5.41, 5.74) is 0.343. The van der Waals surface area contributed by atoms with E-state index in [9.17, 15) is 9.18 Å². The zero-order valence-corrected chi connectivity index (χ0v) is 11.8. The number of hydrogen-bond acceptors (Lipinski definition) is 5. The average Bonchev–Trinajstić information content (AvgIpc) is 2.54. The van der Waals surface area contributed by atoms with Gasteiger partial charge in [0, 0.05) is 18.8 Å². The molecule has 0 bridgehead atoms. The number of nitriles is 3. The van der Waals surface area contributed by atoms with E-state index in [0.29, 0.717) is 5.69 Å². The van der Waals surface area contributed by atoms with E-state index in [2.05, 4.69) is 5.32 Å². The first-order valence-electron chi connectivity index (χ1n) is 6.57. The fourth-order valence-corrected chi connectivity index (χ4v) is 1.74. The van der Waals surface area contributed by atoms with Crippen molar-refractivity contribution >= 4 is 11.6 Å². The summed E-state index contributed by atoms with van der Waals surface area (Å²) in [7, 11) is 0. The van der Waals surface area contributed by atoms with Gasteiger partial charge in [-0.2, -0.15) is 15.8 Å². The van der Waals surface area contributed by atoms with Gasteiger partial charge in [-0.1, -0.05) is 0 Å². The monoisotopic (exact) mass is 299 g/mol. The van der Waals surface area contributed by atoms with Crippen LogP contribution in [0.4, 0.5) is 10.1 Å². The summed E-state index contributed by atoms with van der Waals surface area (Å²) in [5.74, 6) is -0.891. The summed E-state index contributed by atoms with van der Waals surface area (Å²) in [6.07, 6.45) is 0.374. The molecular formula is C15H14FN5O. The van der Waals surface area contributed by atoms with Crippen LogP contribution < -0.4 is 5.32 Å². The standard InChI is InChI=1S/C15H14FN5O/c16-14-4-3-13(9-12(14)10-19)20-11-15(22)21(7-1-5-17)8-2-6-18/h3-4,9,20H,1-2,7-8,11H2. The molecule has 0 saturated carbocycles. The highest BCUT2D eigenvalue weighted by molar-refractivity contribution is 5.81. The summed E-state index contributed by atoms with van der Waals surface area (Å²) >= 11 is 0. The number of nitrogens with zero attached hydrogens (tertiary/aromatic N) is 4. The molecule has 6 nitrogen and oxygen atoms in total. The Morgan fingerprint density at radius 3 is 2.36 bits per heavy atom. The van der Waals surface area contributed by atoms with E-state index in [4.69, 9.17) is 15.8 Å². The van der Waals surface area contributed by atoms with Gasteiger partial charge in [0.25, 0.3) is 0 Å². The quantitative estimate of drug-likeness (QED) is 0.826. The maximum atomic E-state index is 13.2. The second-order valence-electron chi connectivity index (χ2n) is 4.36. The largest absolute Gasteiger partial charge is 0.376 e. The van der Waals surface area contributed by atoms with Gasteiger partial charge in [0.1, 0.15) is 11.9 Å². The molecule has 0 aliphatic carbocycles. The summed E-state index contributed by atoms with van der Waals surface area (Å²) in [6.45, 7) is 0.449. The van der Waals surface area contributed by atoms with Crippen molar-refractivity contribution in [1.82, 2.24) is 4.90 Å². The van der Waals surface area contributed by atoms with E-state index in [-0.39, 0.29) is 43.9 Å². The molecule has 7 heteroatoms. The van der Waals surface area contributed by atoms with Gasteiger partial charge in [-0.3, -0.25) is 4.79 Å². The second kappa shape index (κ2) is 8.94. The van der Waals surface area contributed by atoms with Crippen LogP contribution in [0.15, 0.2) is 18.2 Å². The highest BCUT2D eigenvalue weighted by Crippen LogP contribution is 2.13. The van der Waals surface area contributed by atoms with Gasteiger partial charge in [-0.15, -0.1) is 0 Å². The van der Waals surface area contributed by atoms with Gasteiger partial charge in [0.05, 0.1) is 37.1 Å². The van der Waals surface area contributed by atoms with Gasteiger partial charge in [0.2, 0.25) is 5.91 Å². The van der Waals surface area contributed by atoms with E-state index in [0.717, 1.165) is 6.07 Å². The predicted octanol–water partition coefficient (Wildman–Crippen LogP) is 1.77. The highest BCUT2D eigenvalue weighted by Gasteiger charge is 2.13. The summed E-state index contributed by atoms with van der Waals surface area (Å²) < 4.78 is 13.2. The van der Waals surface area contributed by atoms with Gasteiger partial charge >= 0.3 is 0 Å². The lowest BCUT2D eigenvalue weighted by Gasteiger charge is -2.20. The van der Waals surface area contributed by atoms with Crippen LogP contribution in [0, 0.1) is 39.8 Å². The maximum Gasteiger partial charge on any atom is 0.241 e. The topological polar surface area (TPSA) is 104 Å². The van der Waals surface area contributed by atoms with Gasteiger partial charge in [-0.05, 0) is 18.2 Å². The van der Waals surface area contributed by atoms with E-state index in [1.807, 2.05) is 12.1 Å². The molecule has 0 atom stereocenters. The molecule has 0 aliphatic rings. The number of hydrogen-bond donors (Lipinski definition) is 1. The molecule has 0 aliphatic heterocycles. The third-order valence-electron chi connectivity index (χ3n) is 2.87. The Kier molecular flexibility index (Phi) is 6.89. The predicted molar refractivity (Wildman–Crippen MR) is 76.6 cm³/mol. The lowest BCUT2D eigenvalue weighted by atomic mass is 10.2. The van der Waals surface area contributed by atoms with Crippen molar-refractivity contribution < 1.29 is 9.18 Å². The molecule has 1 N–H and O–H groups in total. The number of rotatable bonds is 7. The van der Waals surface area contributed by atoms with Crippen molar-refractivity contribution in [2.75, 3.05) is 25.0 Å². The Balaban J connectivity index is 2.64. The maximum absolute atomic E-state index is 13.2. The first-order valence-corrected chi connectivity index (χ1v) is 6.57. The molecule has 1 amide bonds. The summed E-state index contributed by atoms with van der Waals surface area (Å²) in [4.78, 5) is 13.5. The zero-order chi connectivity index (χ0) is 16.4. The highest BCUT2D eigenvalue weighted by atomic mass is 19.1. The van der Waals surface area contributed by atoms with Crippen LogP contribution in [0.1, 0.15) is 18.4 Å². The molecule has 112 valence electrons. The van der Waals surface area contributed by atoms with Crippen LogP contribution in [0.2, 0.25) is 0 Å². The molecule has 0 saturated heterocycles. The number of nitrogens with one attached hydrogen (secondary N) is 1. The van der Waals surface area contributed by atoms with E-state index in [1.54, 1.807) is 6.07 Å². The Morgan fingerprint density at radius 2 is 1.82 bits per heavy atom. The second-order valence-corrected chi connectivity index (χ2v) is 4.36. The minimum atomic E-state index is -0.621. The molecule has 0 aromatic heterocycles. The number of halogens is 1. The Labute approximate surface area is 128 Å². The van der Waals surface area contributed by atoms with Crippen molar-refractivity contribution in [1.29, 1.82) is 15.8 Å². The van der Waals surface area contributed by atoms with Crippen LogP contribution in [-0.2, 0) is 4.79 Å². The fraction of sp³-hybridized carbons (Fsp3) is 0.333. The molecule has 0 unspecified atom stereocenters. The van der Waals surface area contributed by atoms with Crippen molar-refractivity contribution in [2.24, 2.45) is 0 Å². The third-order valence-corrected chi connectivity index (χ3v) is 2.87.